The zero-order valence-electron chi connectivity index (χ0n) is 13.6. The van der Waals surface area contributed by atoms with Crippen molar-refractivity contribution in [2.45, 2.75) is 25.2 Å². The molecule has 0 unspecified atom stereocenters. The lowest BCUT2D eigenvalue weighted by atomic mass is 10.2. The lowest BCUT2D eigenvalue weighted by molar-refractivity contribution is 0.302. The van der Waals surface area contributed by atoms with E-state index in [2.05, 4.69) is 24.0 Å². The SMILES string of the molecule is CCCOc1cc(SCC)c2[nH]ncc2c1Oc1ccc(F)cc1. The van der Waals surface area contributed by atoms with Gasteiger partial charge in [-0.25, -0.2) is 4.39 Å². The van der Waals surface area contributed by atoms with E-state index in [1.54, 1.807) is 30.1 Å². The molecule has 1 N–H and O–H groups in total. The zero-order valence-corrected chi connectivity index (χ0v) is 14.5. The molecule has 0 aliphatic rings. The number of hydrogen-bond donors (Lipinski definition) is 1. The molecule has 0 fully saturated rings. The van der Waals surface area contributed by atoms with Gasteiger partial charge in [-0.05, 0) is 42.5 Å². The molecule has 2 aromatic carbocycles. The summed E-state index contributed by atoms with van der Waals surface area (Å²) in [5.41, 5.74) is 0.919. The third-order valence-electron chi connectivity index (χ3n) is 3.41. The lowest BCUT2D eigenvalue weighted by Gasteiger charge is -2.15. The monoisotopic (exact) mass is 346 g/mol. The van der Waals surface area contributed by atoms with Gasteiger partial charge in [0.05, 0.1) is 23.7 Å². The molecule has 3 rings (SSSR count). The molecule has 0 bridgehead atoms. The fraction of sp³-hybridized carbons (Fsp3) is 0.278. The van der Waals surface area contributed by atoms with Crippen molar-refractivity contribution in [1.29, 1.82) is 0 Å². The molecule has 1 heterocycles. The number of ether oxygens (including phenoxy) is 2. The van der Waals surface area contributed by atoms with Crippen molar-refractivity contribution < 1.29 is 13.9 Å². The number of rotatable bonds is 7. The van der Waals surface area contributed by atoms with Gasteiger partial charge in [0.1, 0.15) is 11.6 Å². The second kappa shape index (κ2) is 7.57. The Labute approximate surface area is 144 Å². The van der Waals surface area contributed by atoms with Crippen molar-refractivity contribution in [1.82, 2.24) is 10.2 Å². The quantitative estimate of drug-likeness (QED) is 0.582. The predicted octanol–water partition coefficient (Wildman–Crippen LogP) is 5.40. The fourth-order valence-electron chi connectivity index (χ4n) is 2.35. The van der Waals surface area contributed by atoms with Crippen molar-refractivity contribution in [3.05, 3.63) is 42.3 Å². The number of aromatic nitrogens is 2. The second-order valence-corrected chi connectivity index (χ2v) is 6.50. The Morgan fingerprint density at radius 1 is 1.21 bits per heavy atom. The minimum atomic E-state index is -0.298. The van der Waals surface area contributed by atoms with E-state index in [0.29, 0.717) is 23.9 Å². The first-order valence-corrected chi connectivity index (χ1v) is 8.90. The molecular weight excluding hydrogens is 327 g/mol. The Hall–Kier alpha value is -2.21. The van der Waals surface area contributed by atoms with Crippen LogP contribution in [0.1, 0.15) is 20.3 Å². The summed E-state index contributed by atoms with van der Waals surface area (Å²) in [7, 11) is 0. The fourth-order valence-corrected chi connectivity index (χ4v) is 3.15. The zero-order chi connectivity index (χ0) is 16.9. The highest BCUT2D eigenvalue weighted by Gasteiger charge is 2.17. The Bertz CT molecular complexity index is 818. The number of fused-ring (bicyclic) bond motifs is 1. The van der Waals surface area contributed by atoms with E-state index in [-0.39, 0.29) is 5.82 Å². The average molecular weight is 346 g/mol. The number of nitrogens with zero attached hydrogens (tertiary/aromatic N) is 1. The molecule has 4 nitrogen and oxygen atoms in total. The first-order valence-electron chi connectivity index (χ1n) is 7.92. The van der Waals surface area contributed by atoms with Crippen LogP contribution in [0.4, 0.5) is 4.39 Å². The molecule has 0 amide bonds. The third-order valence-corrected chi connectivity index (χ3v) is 4.33. The summed E-state index contributed by atoms with van der Waals surface area (Å²) in [6, 6.07) is 7.91. The van der Waals surface area contributed by atoms with E-state index in [1.165, 1.54) is 12.1 Å². The summed E-state index contributed by atoms with van der Waals surface area (Å²) < 4.78 is 25.0. The Balaban J connectivity index is 2.07. The van der Waals surface area contributed by atoms with Crippen LogP contribution in [0.15, 0.2) is 41.4 Å². The molecule has 0 saturated heterocycles. The Morgan fingerprint density at radius 2 is 2.00 bits per heavy atom. The maximum atomic E-state index is 13.1. The van der Waals surface area contributed by atoms with Crippen LogP contribution in [0.2, 0.25) is 0 Å². The van der Waals surface area contributed by atoms with Gasteiger partial charge in [0.2, 0.25) is 0 Å². The van der Waals surface area contributed by atoms with Gasteiger partial charge < -0.3 is 9.47 Å². The van der Waals surface area contributed by atoms with E-state index >= 15 is 0 Å². The smallest absolute Gasteiger partial charge is 0.180 e. The van der Waals surface area contributed by atoms with Crippen LogP contribution in [-0.2, 0) is 0 Å². The van der Waals surface area contributed by atoms with Gasteiger partial charge in [0, 0.05) is 4.90 Å². The largest absolute Gasteiger partial charge is 0.490 e. The lowest BCUT2D eigenvalue weighted by Crippen LogP contribution is -1.99. The summed E-state index contributed by atoms with van der Waals surface area (Å²) >= 11 is 1.72. The van der Waals surface area contributed by atoms with Crippen LogP contribution in [0.5, 0.6) is 17.2 Å². The molecule has 3 aromatic rings. The van der Waals surface area contributed by atoms with Crippen LogP contribution in [0, 0.1) is 5.82 Å². The predicted molar refractivity (Wildman–Crippen MR) is 94.8 cm³/mol. The second-order valence-electron chi connectivity index (χ2n) is 5.20. The van der Waals surface area contributed by atoms with Gasteiger partial charge in [0.25, 0.3) is 0 Å². The molecule has 0 aliphatic carbocycles. The summed E-state index contributed by atoms with van der Waals surface area (Å²) in [5.74, 6) is 2.47. The van der Waals surface area contributed by atoms with Crippen molar-refractivity contribution in [2.24, 2.45) is 0 Å². The van der Waals surface area contributed by atoms with Crippen molar-refractivity contribution in [3.63, 3.8) is 0 Å². The first kappa shape index (κ1) is 16.6. The highest BCUT2D eigenvalue weighted by molar-refractivity contribution is 7.99. The van der Waals surface area contributed by atoms with E-state index in [1.807, 2.05) is 6.07 Å². The number of halogens is 1. The molecule has 126 valence electrons. The highest BCUT2D eigenvalue weighted by atomic mass is 32.2. The van der Waals surface area contributed by atoms with Crippen LogP contribution in [0.25, 0.3) is 10.9 Å². The molecule has 6 heteroatoms. The molecule has 0 radical (unpaired) electrons. The summed E-state index contributed by atoms with van der Waals surface area (Å²) in [6.45, 7) is 4.75. The van der Waals surface area contributed by atoms with Crippen LogP contribution in [0.3, 0.4) is 0 Å². The molecule has 0 aliphatic heterocycles. The normalized spacial score (nSPS) is 11.0. The average Bonchev–Trinajstić information content (AvgIpc) is 3.07. The molecular formula is C18H19FN2O2S. The van der Waals surface area contributed by atoms with Gasteiger partial charge >= 0.3 is 0 Å². The topological polar surface area (TPSA) is 47.1 Å². The summed E-state index contributed by atoms with van der Waals surface area (Å²) in [6.07, 6.45) is 2.63. The number of thioether (sulfide) groups is 1. The Morgan fingerprint density at radius 3 is 2.71 bits per heavy atom. The van der Waals surface area contributed by atoms with Crippen molar-refractivity contribution >= 4 is 22.7 Å². The number of aromatic amines is 1. The number of H-pyrrole nitrogens is 1. The van der Waals surface area contributed by atoms with Crippen LogP contribution >= 0.6 is 11.8 Å². The van der Waals surface area contributed by atoms with Crippen molar-refractivity contribution in [3.8, 4) is 17.2 Å². The molecule has 1 aromatic heterocycles. The maximum absolute atomic E-state index is 13.1. The number of hydrogen-bond acceptors (Lipinski definition) is 4. The van der Waals surface area contributed by atoms with Gasteiger partial charge in [-0.3, -0.25) is 5.10 Å². The van der Waals surface area contributed by atoms with Gasteiger partial charge in [0.15, 0.2) is 11.5 Å². The molecule has 0 spiro atoms. The molecule has 0 saturated carbocycles. The van der Waals surface area contributed by atoms with Gasteiger partial charge in [-0.1, -0.05) is 13.8 Å². The minimum Gasteiger partial charge on any atom is -0.490 e. The van der Waals surface area contributed by atoms with E-state index < -0.39 is 0 Å². The van der Waals surface area contributed by atoms with E-state index in [0.717, 1.165) is 28.0 Å². The first-order chi connectivity index (χ1) is 11.7. The van der Waals surface area contributed by atoms with E-state index in [9.17, 15) is 4.39 Å². The number of nitrogens with one attached hydrogen (secondary N) is 1. The summed E-state index contributed by atoms with van der Waals surface area (Å²) in [5, 5.41) is 8.02. The number of benzene rings is 2. The molecule has 0 atom stereocenters. The third kappa shape index (κ3) is 3.48. The summed E-state index contributed by atoms with van der Waals surface area (Å²) in [4.78, 5) is 1.07. The van der Waals surface area contributed by atoms with Gasteiger partial charge in [-0.2, -0.15) is 5.10 Å². The Kier molecular flexibility index (Phi) is 5.25. The highest BCUT2D eigenvalue weighted by Crippen LogP contribution is 2.42. The van der Waals surface area contributed by atoms with E-state index in [4.69, 9.17) is 9.47 Å². The maximum Gasteiger partial charge on any atom is 0.180 e. The van der Waals surface area contributed by atoms with Crippen LogP contribution in [-0.4, -0.2) is 22.6 Å². The minimum absolute atomic E-state index is 0.298. The van der Waals surface area contributed by atoms with Gasteiger partial charge in [-0.15, -0.1) is 11.8 Å². The standard InChI is InChI=1S/C18H19FN2O2S/c1-3-9-22-15-10-16(24-4-2)17-14(11-20-21-17)18(15)23-13-7-5-12(19)6-8-13/h5-8,10-11H,3-4,9H2,1-2H3,(H,20,21). The van der Waals surface area contributed by atoms with Crippen molar-refractivity contribution in [2.75, 3.05) is 12.4 Å². The van der Waals surface area contributed by atoms with Crippen LogP contribution < -0.4 is 9.47 Å². The molecule has 24 heavy (non-hydrogen) atoms.